The van der Waals surface area contributed by atoms with Crippen LogP contribution in [0.4, 0.5) is 4.39 Å². The highest BCUT2D eigenvalue weighted by Crippen LogP contribution is 2.22. The Labute approximate surface area is 189 Å². The van der Waals surface area contributed by atoms with Crippen LogP contribution in [-0.4, -0.2) is 65.8 Å². The summed E-state index contributed by atoms with van der Waals surface area (Å²) >= 11 is 0. The van der Waals surface area contributed by atoms with Gasteiger partial charge in [0.15, 0.2) is 0 Å². The monoisotopic (exact) mass is 437 g/mol. The minimum atomic E-state index is -0.176. The van der Waals surface area contributed by atoms with E-state index in [1.807, 2.05) is 53.1 Å². The van der Waals surface area contributed by atoms with Crippen LogP contribution in [0.25, 0.3) is 0 Å². The molecule has 5 nitrogen and oxygen atoms in total. The van der Waals surface area contributed by atoms with Gasteiger partial charge in [-0.2, -0.15) is 0 Å². The van der Waals surface area contributed by atoms with Crippen molar-refractivity contribution in [3.8, 4) is 0 Å². The number of aryl methyl sites for hydroxylation is 1. The van der Waals surface area contributed by atoms with Gasteiger partial charge in [0.05, 0.1) is 5.92 Å². The van der Waals surface area contributed by atoms with Gasteiger partial charge in [-0.15, -0.1) is 0 Å². The van der Waals surface area contributed by atoms with E-state index in [2.05, 4.69) is 4.90 Å². The Balaban J connectivity index is 1.34. The molecule has 0 bridgehead atoms. The fourth-order valence-corrected chi connectivity index (χ4v) is 4.72. The van der Waals surface area contributed by atoms with Gasteiger partial charge in [-0.25, -0.2) is 4.39 Å². The molecule has 0 aliphatic carbocycles. The molecule has 2 heterocycles. The number of carbonyl (C=O) groups is 2. The van der Waals surface area contributed by atoms with Gasteiger partial charge in [-0.05, 0) is 44.4 Å². The van der Waals surface area contributed by atoms with E-state index >= 15 is 0 Å². The number of likely N-dealkylation sites (tertiary alicyclic amines) is 1. The molecule has 1 unspecified atom stereocenters. The number of amides is 2. The van der Waals surface area contributed by atoms with E-state index in [4.69, 9.17) is 0 Å². The van der Waals surface area contributed by atoms with Crippen LogP contribution in [0.1, 0.15) is 40.7 Å². The van der Waals surface area contributed by atoms with Crippen molar-refractivity contribution < 1.29 is 14.0 Å². The predicted octanol–water partition coefficient (Wildman–Crippen LogP) is 3.72. The van der Waals surface area contributed by atoms with Crippen molar-refractivity contribution in [3.05, 3.63) is 71.0 Å². The summed E-state index contributed by atoms with van der Waals surface area (Å²) in [5.74, 6) is -0.157. The van der Waals surface area contributed by atoms with Gasteiger partial charge in [0.2, 0.25) is 5.91 Å². The van der Waals surface area contributed by atoms with Gasteiger partial charge in [0, 0.05) is 56.9 Å². The highest BCUT2D eigenvalue weighted by molar-refractivity contribution is 5.94. The van der Waals surface area contributed by atoms with Crippen molar-refractivity contribution in [1.29, 1.82) is 0 Å². The second-order valence-electron chi connectivity index (χ2n) is 9.00. The summed E-state index contributed by atoms with van der Waals surface area (Å²) < 4.78 is 14.0. The Morgan fingerprint density at radius 3 is 2.44 bits per heavy atom. The Morgan fingerprint density at radius 1 is 0.906 bits per heavy atom. The lowest BCUT2D eigenvalue weighted by molar-refractivity contribution is -0.136. The van der Waals surface area contributed by atoms with E-state index in [-0.39, 0.29) is 23.5 Å². The summed E-state index contributed by atoms with van der Waals surface area (Å²) in [6.45, 7) is 6.71. The maximum absolute atomic E-state index is 14.0. The summed E-state index contributed by atoms with van der Waals surface area (Å²) in [6.07, 6.45) is 2.55. The van der Waals surface area contributed by atoms with Crippen LogP contribution in [0.5, 0.6) is 0 Å². The number of benzene rings is 2. The quantitative estimate of drug-likeness (QED) is 0.732. The second-order valence-corrected chi connectivity index (χ2v) is 9.00. The van der Waals surface area contributed by atoms with Crippen molar-refractivity contribution in [2.75, 3.05) is 39.3 Å². The van der Waals surface area contributed by atoms with Crippen molar-refractivity contribution in [2.24, 2.45) is 5.92 Å². The minimum Gasteiger partial charge on any atom is -0.341 e. The normalized spacial score (nSPS) is 20.1. The maximum Gasteiger partial charge on any atom is 0.253 e. The zero-order chi connectivity index (χ0) is 22.5. The molecule has 4 rings (SSSR count). The van der Waals surface area contributed by atoms with Crippen LogP contribution in [0.3, 0.4) is 0 Å². The van der Waals surface area contributed by atoms with Gasteiger partial charge >= 0.3 is 0 Å². The number of rotatable bonds is 4. The van der Waals surface area contributed by atoms with Crippen LogP contribution < -0.4 is 0 Å². The van der Waals surface area contributed by atoms with Gasteiger partial charge in [0.25, 0.3) is 5.91 Å². The van der Waals surface area contributed by atoms with Crippen molar-refractivity contribution >= 4 is 11.8 Å². The Hall–Kier alpha value is -2.73. The molecule has 32 heavy (non-hydrogen) atoms. The highest BCUT2D eigenvalue weighted by atomic mass is 19.1. The molecule has 0 saturated carbocycles. The SMILES string of the molecule is Cc1ccc(C(=O)N2CCCC(C(=O)N3CCCN(Cc4ccccc4F)CC3)C2)cc1. The molecule has 170 valence electrons. The fraction of sp³-hybridized carbons (Fsp3) is 0.462. The largest absolute Gasteiger partial charge is 0.341 e. The summed E-state index contributed by atoms with van der Waals surface area (Å²) in [5.41, 5.74) is 2.51. The first-order valence-corrected chi connectivity index (χ1v) is 11.6. The van der Waals surface area contributed by atoms with Gasteiger partial charge < -0.3 is 9.80 Å². The van der Waals surface area contributed by atoms with Gasteiger partial charge in [0.1, 0.15) is 5.82 Å². The van der Waals surface area contributed by atoms with E-state index in [0.717, 1.165) is 44.5 Å². The van der Waals surface area contributed by atoms with Gasteiger partial charge in [-0.3, -0.25) is 14.5 Å². The Bertz CT molecular complexity index is 946. The van der Waals surface area contributed by atoms with E-state index in [9.17, 15) is 14.0 Å². The summed E-state index contributed by atoms with van der Waals surface area (Å²) in [6, 6.07) is 14.5. The summed E-state index contributed by atoms with van der Waals surface area (Å²) in [7, 11) is 0. The van der Waals surface area contributed by atoms with Crippen molar-refractivity contribution in [2.45, 2.75) is 32.7 Å². The zero-order valence-corrected chi connectivity index (χ0v) is 18.8. The van der Waals surface area contributed by atoms with Crippen LogP contribution in [0, 0.1) is 18.7 Å². The standard InChI is InChI=1S/C26H32FN3O2/c1-20-9-11-21(12-10-20)25(31)30-14-4-7-23(19-30)26(32)29-15-5-13-28(16-17-29)18-22-6-2-3-8-24(22)27/h2-3,6,8-12,23H,4-5,7,13-19H2,1H3. The Morgan fingerprint density at radius 2 is 1.66 bits per heavy atom. The lowest BCUT2D eigenvalue weighted by Crippen LogP contribution is -2.47. The first-order valence-electron chi connectivity index (χ1n) is 11.6. The number of hydrogen-bond acceptors (Lipinski definition) is 3. The Kier molecular flexibility index (Phi) is 7.20. The molecule has 2 aromatic rings. The molecule has 2 aliphatic rings. The molecule has 0 radical (unpaired) electrons. The van der Waals surface area contributed by atoms with Crippen LogP contribution in [0.2, 0.25) is 0 Å². The molecule has 1 atom stereocenters. The molecule has 2 aromatic carbocycles. The summed E-state index contributed by atoms with van der Waals surface area (Å²) in [4.78, 5) is 32.2. The fourth-order valence-electron chi connectivity index (χ4n) is 4.72. The molecule has 6 heteroatoms. The number of hydrogen-bond donors (Lipinski definition) is 0. The zero-order valence-electron chi connectivity index (χ0n) is 18.8. The first kappa shape index (κ1) is 22.5. The third kappa shape index (κ3) is 5.36. The van der Waals surface area contributed by atoms with E-state index < -0.39 is 0 Å². The molecule has 2 amide bonds. The molecule has 2 saturated heterocycles. The topological polar surface area (TPSA) is 43.9 Å². The number of carbonyl (C=O) groups excluding carboxylic acids is 2. The molecule has 0 N–H and O–H groups in total. The van der Waals surface area contributed by atoms with Crippen molar-refractivity contribution in [3.63, 3.8) is 0 Å². The average Bonchev–Trinajstić information content (AvgIpc) is 3.06. The predicted molar refractivity (Wildman–Crippen MR) is 123 cm³/mol. The summed E-state index contributed by atoms with van der Waals surface area (Å²) in [5, 5.41) is 0. The van der Waals surface area contributed by atoms with Crippen molar-refractivity contribution in [1.82, 2.24) is 14.7 Å². The van der Waals surface area contributed by atoms with E-state index in [1.54, 1.807) is 6.07 Å². The number of piperidine rings is 1. The molecule has 0 spiro atoms. The number of halogens is 1. The third-order valence-electron chi connectivity index (χ3n) is 6.61. The number of nitrogens with zero attached hydrogens (tertiary/aromatic N) is 3. The van der Waals surface area contributed by atoms with E-state index in [1.165, 1.54) is 6.07 Å². The maximum atomic E-state index is 14.0. The highest BCUT2D eigenvalue weighted by Gasteiger charge is 2.32. The lowest BCUT2D eigenvalue weighted by Gasteiger charge is -2.35. The molecule has 0 aromatic heterocycles. The molecular weight excluding hydrogens is 405 g/mol. The lowest BCUT2D eigenvalue weighted by atomic mass is 9.95. The van der Waals surface area contributed by atoms with E-state index in [0.29, 0.717) is 37.3 Å². The minimum absolute atomic E-state index is 0.00873. The van der Waals surface area contributed by atoms with Crippen LogP contribution in [-0.2, 0) is 11.3 Å². The van der Waals surface area contributed by atoms with Crippen LogP contribution in [0.15, 0.2) is 48.5 Å². The average molecular weight is 438 g/mol. The molecular formula is C26H32FN3O2. The second kappa shape index (κ2) is 10.3. The first-order chi connectivity index (χ1) is 15.5. The van der Waals surface area contributed by atoms with Crippen LogP contribution >= 0.6 is 0 Å². The molecule has 2 fully saturated rings. The molecule has 2 aliphatic heterocycles. The third-order valence-corrected chi connectivity index (χ3v) is 6.61. The smallest absolute Gasteiger partial charge is 0.253 e. The van der Waals surface area contributed by atoms with Gasteiger partial charge in [-0.1, -0.05) is 35.9 Å².